The highest BCUT2D eigenvalue weighted by Crippen LogP contribution is 2.22. The molecule has 0 unspecified atom stereocenters. The molecule has 1 amide bonds. The number of carbonyl (C=O) groups excluding carboxylic acids is 1. The number of morpholine rings is 1. The van der Waals surface area contributed by atoms with Crippen LogP contribution in [0.5, 0.6) is 0 Å². The Morgan fingerprint density at radius 2 is 2.04 bits per heavy atom. The van der Waals surface area contributed by atoms with Crippen molar-refractivity contribution in [2.24, 2.45) is 4.99 Å². The third kappa shape index (κ3) is 7.09. The zero-order valence-electron chi connectivity index (χ0n) is 14.7. The molecule has 1 aliphatic rings. The smallest absolute Gasteiger partial charge is 0.291 e. The van der Waals surface area contributed by atoms with Gasteiger partial charge in [-0.1, -0.05) is 23.2 Å². The molecule has 0 aliphatic carbocycles. The summed E-state index contributed by atoms with van der Waals surface area (Å²) in [5.74, 6) is -0.363. The molecule has 1 fully saturated rings. The monoisotopic (exact) mass is 404 g/mol. The zero-order valence-corrected chi connectivity index (χ0v) is 16.2. The minimum atomic E-state index is -0.363. The van der Waals surface area contributed by atoms with E-state index >= 15 is 0 Å². The van der Waals surface area contributed by atoms with E-state index in [0.29, 0.717) is 35.4 Å². The Labute approximate surface area is 163 Å². The van der Waals surface area contributed by atoms with Crippen LogP contribution < -0.4 is 10.2 Å². The maximum atomic E-state index is 12.4. The predicted octanol–water partition coefficient (Wildman–Crippen LogP) is 0.657. The van der Waals surface area contributed by atoms with Crippen molar-refractivity contribution in [1.82, 2.24) is 5.32 Å². The fraction of sp³-hybridized carbons (Fsp3) is 0.529. The molecule has 26 heavy (non-hydrogen) atoms. The summed E-state index contributed by atoms with van der Waals surface area (Å²) in [6.07, 6.45) is 0. The Bertz CT molecular complexity index is 622. The Kier molecular flexibility index (Phi) is 9.14. The SMILES string of the molecule is COCCOC(=NCC[NH+]1CCOCC1)NC(=O)c1ccc(Cl)c(Cl)c1. The lowest BCUT2D eigenvalue weighted by atomic mass is 10.2. The Balaban J connectivity index is 1.94. The van der Waals surface area contributed by atoms with Crippen molar-refractivity contribution in [3.63, 3.8) is 0 Å². The molecule has 9 heteroatoms. The molecule has 2 rings (SSSR count). The van der Waals surface area contributed by atoms with E-state index in [1.807, 2.05) is 0 Å². The molecule has 1 saturated heterocycles. The van der Waals surface area contributed by atoms with Crippen LogP contribution in [0.4, 0.5) is 0 Å². The number of hydrogen-bond acceptors (Lipinski definition) is 5. The molecule has 0 aromatic heterocycles. The van der Waals surface area contributed by atoms with E-state index in [1.165, 1.54) is 11.0 Å². The van der Waals surface area contributed by atoms with Gasteiger partial charge in [-0.2, -0.15) is 0 Å². The summed E-state index contributed by atoms with van der Waals surface area (Å²) in [4.78, 5) is 18.2. The van der Waals surface area contributed by atoms with Crippen LogP contribution in [0.2, 0.25) is 10.0 Å². The van der Waals surface area contributed by atoms with Crippen molar-refractivity contribution >= 4 is 35.1 Å². The number of benzene rings is 1. The number of quaternary nitrogens is 1. The maximum absolute atomic E-state index is 12.4. The number of hydrogen-bond donors (Lipinski definition) is 2. The number of methoxy groups -OCH3 is 1. The van der Waals surface area contributed by atoms with Gasteiger partial charge in [0.05, 0.1) is 43.0 Å². The average Bonchev–Trinajstić information content (AvgIpc) is 2.64. The third-order valence-electron chi connectivity index (χ3n) is 3.85. The van der Waals surface area contributed by atoms with Gasteiger partial charge in [-0.15, -0.1) is 0 Å². The Morgan fingerprint density at radius 3 is 2.73 bits per heavy atom. The molecule has 0 radical (unpaired) electrons. The molecule has 1 aliphatic heterocycles. The lowest BCUT2D eigenvalue weighted by molar-refractivity contribution is -0.906. The molecule has 0 saturated carbocycles. The van der Waals surface area contributed by atoms with Crippen LogP contribution >= 0.6 is 23.2 Å². The van der Waals surface area contributed by atoms with Crippen LogP contribution in [0.15, 0.2) is 23.2 Å². The van der Waals surface area contributed by atoms with Gasteiger partial charge in [-0.05, 0) is 18.2 Å². The van der Waals surface area contributed by atoms with Crippen molar-refractivity contribution in [2.45, 2.75) is 0 Å². The van der Waals surface area contributed by atoms with E-state index in [0.717, 1.165) is 32.8 Å². The molecule has 0 atom stereocenters. The standard InChI is InChI=1S/C17H23Cl2N3O4/c1-24-10-11-26-17(20-4-5-22-6-8-25-9-7-22)21-16(23)13-2-3-14(18)15(19)12-13/h2-3,12H,4-11H2,1H3,(H,20,21,23)/p+1. The fourth-order valence-corrected chi connectivity index (χ4v) is 2.67. The summed E-state index contributed by atoms with van der Waals surface area (Å²) in [5, 5.41) is 3.38. The lowest BCUT2D eigenvalue weighted by Crippen LogP contribution is -3.14. The van der Waals surface area contributed by atoms with Gasteiger partial charge in [0.25, 0.3) is 11.9 Å². The number of nitrogens with one attached hydrogen (secondary N) is 2. The molecular formula is C17H24Cl2N3O4+. The second-order valence-corrected chi connectivity index (χ2v) is 6.54. The van der Waals surface area contributed by atoms with Crippen molar-refractivity contribution in [2.75, 3.05) is 59.7 Å². The van der Waals surface area contributed by atoms with Crippen LogP contribution in [0.1, 0.15) is 10.4 Å². The number of rotatable bonds is 7. The molecule has 1 aromatic carbocycles. The quantitative estimate of drug-likeness (QED) is 0.397. The number of ether oxygens (including phenoxy) is 3. The molecule has 144 valence electrons. The first-order valence-corrected chi connectivity index (χ1v) is 9.19. The minimum absolute atomic E-state index is 0.172. The molecule has 1 heterocycles. The van der Waals surface area contributed by atoms with Gasteiger partial charge in [-0.3, -0.25) is 10.1 Å². The summed E-state index contributed by atoms with van der Waals surface area (Å²) in [5.41, 5.74) is 0.376. The second kappa shape index (κ2) is 11.4. The predicted molar refractivity (Wildman–Crippen MR) is 100 cm³/mol. The fourth-order valence-electron chi connectivity index (χ4n) is 2.38. The van der Waals surface area contributed by atoms with E-state index in [4.69, 9.17) is 37.4 Å². The topological polar surface area (TPSA) is 73.6 Å². The molecule has 7 nitrogen and oxygen atoms in total. The average molecular weight is 405 g/mol. The highest BCUT2D eigenvalue weighted by Gasteiger charge is 2.14. The summed E-state index contributed by atoms with van der Waals surface area (Å²) in [6, 6.07) is 4.84. The minimum Gasteiger partial charge on any atom is -0.463 e. The number of amidine groups is 1. The van der Waals surface area contributed by atoms with Gasteiger partial charge in [-0.25, -0.2) is 4.99 Å². The van der Waals surface area contributed by atoms with Crippen molar-refractivity contribution in [1.29, 1.82) is 0 Å². The maximum Gasteiger partial charge on any atom is 0.291 e. The summed E-state index contributed by atoms with van der Waals surface area (Å²) in [7, 11) is 1.58. The van der Waals surface area contributed by atoms with Crippen molar-refractivity contribution in [3.8, 4) is 0 Å². The Hall–Kier alpha value is -1.38. The number of aliphatic imine (C=N–C) groups is 1. The third-order valence-corrected chi connectivity index (χ3v) is 4.59. The highest BCUT2D eigenvalue weighted by molar-refractivity contribution is 6.42. The normalized spacial score (nSPS) is 15.7. The van der Waals surface area contributed by atoms with E-state index in [2.05, 4.69) is 10.3 Å². The van der Waals surface area contributed by atoms with Gasteiger partial charge in [0.1, 0.15) is 19.7 Å². The molecule has 1 aromatic rings. The summed E-state index contributed by atoms with van der Waals surface area (Å²) < 4.78 is 15.8. The summed E-state index contributed by atoms with van der Waals surface area (Å²) in [6.45, 7) is 5.55. The first kappa shape index (κ1) is 20.9. The lowest BCUT2D eigenvalue weighted by Gasteiger charge is -2.23. The van der Waals surface area contributed by atoms with Gasteiger partial charge in [0.15, 0.2) is 0 Å². The van der Waals surface area contributed by atoms with E-state index < -0.39 is 0 Å². The van der Waals surface area contributed by atoms with E-state index in [1.54, 1.807) is 19.2 Å². The largest absolute Gasteiger partial charge is 0.463 e. The molecule has 2 N–H and O–H groups in total. The first-order valence-electron chi connectivity index (χ1n) is 8.44. The number of carbonyl (C=O) groups is 1. The van der Waals surface area contributed by atoms with Gasteiger partial charge < -0.3 is 19.1 Å². The Morgan fingerprint density at radius 1 is 1.27 bits per heavy atom. The highest BCUT2D eigenvalue weighted by atomic mass is 35.5. The number of halogens is 2. The molecule has 0 bridgehead atoms. The molecular weight excluding hydrogens is 381 g/mol. The van der Waals surface area contributed by atoms with Crippen LogP contribution in [0, 0.1) is 0 Å². The van der Waals surface area contributed by atoms with Crippen LogP contribution in [0.25, 0.3) is 0 Å². The second-order valence-electron chi connectivity index (χ2n) is 5.72. The van der Waals surface area contributed by atoms with E-state index in [-0.39, 0.29) is 11.9 Å². The van der Waals surface area contributed by atoms with Crippen molar-refractivity contribution in [3.05, 3.63) is 33.8 Å². The van der Waals surface area contributed by atoms with Gasteiger partial charge in [0.2, 0.25) is 0 Å². The first-order chi connectivity index (χ1) is 12.6. The van der Waals surface area contributed by atoms with Gasteiger partial charge in [0, 0.05) is 12.7 Å². The van der Waals surface area contributed by atoms with Crippen LogP contribution in [-0.2, 0) is 14.2 Å². The summed E-state index contributed by atoms with van der Waals surface area (Å²) >= 11 is 11.8. The number of amides is 1. The van der Waals surface area contributed by atoms with Gasteiger partial charge >= 0.3 is 0 Å². The van der Waals surface area contributed by atoms with Crippen molar-refractivity contribution < 1.29 is 23.9 Å². The van der Waals surface area contributed by atoms with Crippen LogP contribution in [0.3, 0.4) is 0 Å². The van der Waals surface area contributed by atoms with E-state index in [9.17, 15) is 4.79 Å². The number of nitrogens with zero attached hydrogens (tertiary/aromatic N) is 1. The van der Waals surface area contributed by atoms with Crippen LogP contribution in [-0.4, -0.2) is 71.6 Å². The molecule has 0 spiro atoms. The zero-order chi connectivity index (χ0) is 18.8.